The van der Waals surface area contributed by atoms with Crippen LogP contribution >= 0.6 is 0 Å². The van der Waals surface area contributed by atoms with Crippen LogP contribution in [0.1, 0.15) is 27.2 Å². The van der Waals surface area contributed by atoms with Crippen LogP contribution in [0.4, 0.5) is 0 Å². The first-order chi connectivity index (χ1) is 12.6. The lowest BCUT2D eigenvalue weighted by atomic mass is 9.82. The predicted molar refractivity (Wildman–Crippen MR) is 96.4 cm³/mol. The molecule has 1 aliphatic heterocycles. The van der Waals surface area contributed by atoms with Crippen LogP contribution in [0.25, 0.3) is 0 Å². The highest BCUT2D eigenvalue weighted by atomic mass is 16.6. The van der Waals surface area contributed by atoms with E-state index in [1.54, 1.807) is 19.9 Å². The first-order valence-electron chi connectivity index (χ1n) is 8.60. The molecule has 1 aliphatic carbocycles. The van der Waals surface area contributed by atoms with Gasteiger partial charge in [0.1, 0.15) is 12.2 Å². The fourth-order valence-corrected chi connectivity index (χ4v) is 3.02. The Morgan fingerprint density at radius 2 is 2.15 bits per heavy atom. The van der Waals surface area contributed by atoms with Crippen LogP contribution in [0.2, 0.25) is 0 Å². The molecule has 1 fully saturated rings. The van der Waals surface area contributed by atoms with Crippen LogP contribution in [-0.2, 0) is 23.9 Å². The summed E-state index contributed by atoms with van der Waals surface area (Å²) >= 11 is 0. The molecule has 0 spiro atoms. The van der Waals surface area contributed by atoms with Crippen LogP contribution in [0, 0.1) is 5.92 Å². The summed E-state index contributed by atoms with van der Waals surface area (Å²) in [6.07, 6.45) is 3.41. The third-order valence-corrected chi connectivity index (χ3v) is 4.74. The number of aliphatic hydroxyl groups excluding tert-OH is 1. The van der Waals surface area contributed by atoms with E-state index < -0.39 is 48.1 Å². The van der Waals surface area contributed by atoms with E-state index in [9.17, 15) is 24.6 Å². The highest BCUT2D eigenvalue weighted by molar-refractivity contribution is 6.04. The molecule has 146 valence electrons. The zero-order valence-corrected chi connectivity index (χ0v) is 15.6. The number of hydrogen-bond acceptors (Lipinski definition) is 7. The summed E-state index contributed by atoms with van der Waals surface area (Å²) in [5.74, 6) is -2.57. The first kappa shape index (κ1) is 20.8. The second-order valence-corrected chi connectivity index (χ2v) is 6.95. The topological polar surface area (TPSA) is 110 Å². The average molecular weight is 376 g/mol. The molecule has 1 heterocycles. The van der Waals surface area contributed by atoms with Gasteiger partial charge in [-0.05, 0) is 39.0 Å². The Labute approximate surface area is 157 Å². The molecule has 7 nitrogen and oxygen atoms in total. The number of esters is 2. The molecule has 0 saturated carbocycles. The standard InChI is InChI=1S/C20H24O7/c1-5-11(2)18(23)27-16-9-20(4,25)7-6-14(22)13(10-21)8-15-17(16)12(3)19(24)26-15/h5-8,15-17,21,25H,3,9-10H2,1-2,4H3/b7-6+,11-5-,13-8-/t15-,16+,17-,20+/m0/s1. The monoisotopic (exact) mass is 376 g/mol. The fourth-order valence-electron chi connectivity index (χ4n) is 3.02. The van der Waals surface area contributed by atoms with E-state index in [1.807, 2.05) is 0 Å². The fraction of sp³-hybridized carbons (Fsp3) is 0.450. The van der Waals surface area contributed by atoms with Gasteiger partial charge in [0.25, 0.3) is 0 Å². The van der Waals surface area contributed by atoms with Crippen molar-refractivity contribution in [2.75, 3.05) is 6.61 Å². The van der Waals surface area contributed by atoms with Crippen molar-refractivity contribution in [1.29, 1.82) is 0 Å². The van der Waals surface area contributed by atoms with Crippen molar-refractivity contribution >= 4 is 17.7 Å². The summed E-state index contributed by atoms with van der Waals surface area (Å²) in [5.41, 5.74) is -1.04. The Kier molecular flexibility index (Phi) is 6.18. The van der Waals surface area contributed by atoms with Crippen molar-refractivity contribution in [3.05, 3.63) is 47.6 Å². The molecule has 0 unspecified atom stereocenters. The molecule has 4 atom stereocenters. The van der Waals surface area contributed by atoms with Crippen LogP contribution < -0.4 is 0 Å². The molecule has 0 radical (unpaired) electrons. The SMILES string of the molecule is C=C1C(=O)O[C@H]2/C=C(/CO)C(=O)/C=C/[C@@](C)(O)C[C@@H](OC(=O)/C(C)=C\C)[C@@H]12. The molecule has 2 N–H and O–H groups in total. The molecule has 0 aromatic carbocycles. The molecule has 27 heavy (non-hydrogen) atoms. The minimum absolute atomic E-state index is 0.0103. The van der Waals surface area contributed by atoms with Crippen molar-refractivity contribution in [3.8, 4) is 0 Å². The second kappa shape index (κ2) is 8.02. The molecule has 2 rings (SSSR count). The average Bonchev–Trinajstić information content (AvgIpc) is 2.89. The van der Waals surface area contributed by atoms with E-state index in [0.29, 0.717) is 5.57 Å². The largest absolute Gasteiger partial charge is 0.458 e. The number of rotatable bonds is 3. The van der Waals surface area contributed by atoms with Gasteiger partial charge in [0.05, 0.1) is 18.1 Å². The molecule has 7 heteroatoms. The van der Waals surface area contributed by atoms with Gasteiger partial charge in [-0.2, -0.15) is 0 Å². The molecule has 0 aromatic rings. The van der Waals surface area contributed by atoms with Gasteiger partial charge in [0.2, 0.25) is 0 Å². The van der Waals surface area contributed by atoms with Crippen molar-refractivity contribution < 1.29 is 34.1 Å². The van der Waals surface area contributed by atoms with Crippen LogP contribution in [0.15, 0.2) is 47.6 Å². The molecule has 0 bridgehead atoms. The van der Waals surface area contributed by atoms with E-state index >= 15 is 0 Å². The van der Waals surface area contributed by atoms with Crippen LogP contribution in [0.3, 0.4) is 0 Å². The van der Waals surface area contributed by atoms with E-state index in [1.165, 1.54) is 19.1 Å². The number of fused-ring (bicyclic) bond motifs is 1. The summed E-state index contributed by atoms with van der Waals surface area (Å²) in [5, 5.41) is 20.1. The highest BCUT2D eigenvalue weighted by Crippen LogP contribution is 2.37. The molecule has 1 saturated heterocycles. The van der Waals surface area contributed by atoms with Crippen molar-refractivity contribution in [2.24, 2.45) is 5.92 Å². The minimum Gasteiger partial charge on any atom is -0.458 e. The predicted octanol–water partition coefficient (Wildman–Crippen LogP) is 1.16. The number of aliphatic hydroxyl groups is 2. The van der Waals surface area contributed by atoms with Gasteiger partial charge in [-0.3, -0.25) is 4.79 Å². The third kappa shape index (κ3) is 4.61. The molecule has 2 aliphatic rings. The summed E-state index contributed by atoms with van der Waals surface area (Å²) in [6, 6.07) is 0. The molecular formula is C20H24O7. The summed E-state index contributed by atoms with van der Waals surface area (Å²) in [4.78, 5) is 36.6. The quantitative estimate of drug-likeness (QED) is 0.562. The van der Waals surface area contributed by atoms with Crippen LogP contribution in [0.5, 0.6) is 0 Å². The number of carbonyl (C=O) groups excluding carboxylic acids is 3. The Hall–Kier alpha value is -2.51. The normalized spacial score (nSPS) is 35.0. The van der Waals surface area contributed by atoms with Gasteiger partial charge in [-0.15, -0.1) is 0 Å². The number of hydrogen-bond donors (Lipinski definition) is 2. The van der Waals surface area contributed by atoms with Gasteiger partial charge in [-0.1, -0.05) is 12.7 Å². The van der Waals surface area contributed by atoms with Crippen LogP contribution in [-0.4, -0.2) is 52.4 Å². The van der Waals surface area contributed by atoms with Gasteiger partial charge in [0.15, 0.2) is 5.78 Å². The van der Waals surface area contributed by atoms with Gasteiger partial charge >= 0.3 is 11.9 Å². The Bertz CT molecular complexity index is 754. The van der Waals surface area contributed by atoms with E-state index in [2.05, 4.69) is 6.58 Å². The number of carbonyl (C=O) groups is 3. The number of allylic oxidation sites excluding steroid dienone is 2. The lowest BCUT2D eigenvalue weighted by Crippen LogP contribution is -2.40. The Balaban J connectivity index is 2.53. The van der Waals surface area contributed by atoms with Gasteiger partial charge in [-0.25, -0.2) is 9.59 Å². The van der Waals surface area contributed by atoms with Crippen molar-refractivity contribution in [2.45, 2.75) is 45.0 Å². The van der Waals surface area contributed by atoms with E-state index in [4.69, 9.17) is 9.47 Å². The highest BCUT2D eigenvalue weighted by Gasteiger charge is 2.46. The maximum absolute atomic E-state index is 12.3. The van der Waals surface area contributed by atoms with Gasteiger partial charge < -0.3 is 19.7 Å². The molecule has 0 amide bonds. The second-order valence-electron chi connectivity index (χ2n) is 6.95. The summed E-state index contributed by atoms with van der Waals surface area (Å²) < 4.78 is 10.8. The lowest BCUT2D eigenvalue weighted by Gasteiger charge is -2.31. The lowest BCUT2D eigenvalue weighted by molar-refractivity contribution is -0.150. The van der Waals surface area contributed by atoms with Gasteiger partial charge in [0, 0.05) is 23.1 Å². The third-order valence-electron chi connectivity index (χ3n) is 4.74. The summed E-state index contributed by atoms with van der Waals surface area (Å²) in [7, 11) is 0. The van der Waals surface area contributed by atoms with Crippen molar-refractivity contribution in [3.63, 3.8) is 0 Å². The zero-order valence-electron chi connectivity index (χ0n) is 15.6. The zero-order chi connectivity index (χ0) is 20.4. The maximum atomic E-state index is 12.3. The van der Waals surface area contributed by atoms with Crippen molar-refractivity contribution in [1.82, 2.24) is 0 Å². The minimum atomic E-state index is -1.50. The maximum Gasteiger partial charge on any atom is 0.334 e. The summed E-state index contributed by atoms with van der Waals surface area (Å²) in [6.45, 7) is 7.90. The smallest absolute Gasteiger partial charge is 0.334 e. The molecular weight excluding hydrogens is 352 g/mol. The first-order valence-corrected chi connectivity index (χ1v) is 8.60. The number of ketones is 1. The van der Waals surface area contributed by atoms with E-state index in [-0.39, 0.29) is 17.6 Å². The molecule has 0 aromatic heterocycles. The Morgan fingerprint density at radius 1 is 1.48 bits per heavy atom. The number of ether oxygens (including phenoxy) is 2. The Morgan fingerprint density at radius 3 is 2.74 bits per heavy atom. The van der Waals surface area contributed by atoms with E-state index in [0.717, 1.165) is 6.08 Å².